The highest BCUT2D eigenvalue weighted by Crippen LogP contribution is 2.24. The van der Waals surface area contributed by atoms with Gasteiger partial charge < -0.3 is 10.1 Å². The molecule has 2 aromatic heterocycles. The zero-order valence-electron chi connectivity index (χ0n) is 13.2. The smallest absolute Gasteiger partial charge is 0.129 e. The minimum absolute atomic E-state index is 0.416. The number of aryl methyl sites for hydroxylation is 2. The Kier molecular flexibility index (Phi) is 4.68. The third-order valence-corrected chi connectivity index (χ3v) is 4.23. The quantitative estimate of drug-likeness (QED) is 0.801. The van der Waals surface area contributed by atoms with Crippen LogP contribution >= 0.6 is 0 Å². The second-order valence-electron chi connectivity index (χ2n) is 5.83. The molecule has 0 spiro atoms. The van der Waals surface area contributed by atoms with E-state index in [-0.39, 0.29) is 0 Å². The summed E-state index contributed by atoms with van der Waals surface area (Å²) in [5.41, 5.74) is 4.68. The molecule has 0 bridgehead atoms. The number of ether oxygens (including phenoxy) is 1. The van der Waals surface area contributed by atoms with Crippen LogP contribution in [0.1, 0.15) is 41.4 Å². The molecule has 118 valence electrons. The lowest BCUT2D eigenvalue weighted by atomic mass is 10.0. The van der Waals surface area contributed by atoms with Crippen LogP contribution in [0.15, 0.2) is 12.4 Å². The van der Waals surface area contributed by atoms with E-state index in [0.29, 0.717) is 5.92 Å². The van der Waals surface area contributed by atoms with E-state index in [0.717, 1.165) is 56.2 Å². The molecular weight excluding hydrogens is 278 g/mol. The summed E-state index contributed by atoms with van der Waals surface area (Å²) in [5.74, 6) is 1.32. The first kappa shape index (κ1) is 15.0. The maximum atomic E-state index is 5.42. The summed E-state index contributed by atoms with van der Waals surface area (Å²) in [7, 11) is 0. The first-order chi connectivity index (χ1) is 10.7. The molecule has 0 amide bonds. The highest BCUT2D eigenvalue weighted by atomic mass is 16.5. The van der Waals surface area contributed by atoms with Crippen LogP contribution in [0, 0.1) is 13.8 Å². The van der Waals surface area contributed by atoms with Gasteiger partial charge in [0.25, 0.3) is 0 Å². The van der Waals surface area contributed by atoms with Crippen LogP contribution < -0.4 is 5.32 Å². The van der Waals surface area contributed by atoms with Crippen LogP contribution in [0.4, 0.5) is 5.82 Å². The second kappa shape index (κ2) is 6.87. The van der Waals surface area contributed by atoms with Crippen molar-refractivity contribution in [1.29, 1.82) is 0 Å². The molecule has 1 aliphatic rings. The van der Waals surface area contributed by atoms with Gasteiger partial charge in [0.05, 0.1) is 18.0 Å². The molecule has 0 unspecified atom stereocenters. The van der Waals surface area contributed by atoms with Gasteiger partial charge in [0.2, 0.25) is 0 Å². The number of H-pyrrole nitrogens is 1. The van der Waals surface area contributed by atoms with E-state index in [4.69, 9.17) is 4.74 Å². The number of aromatic amines is 1. The number of nitrogens with zero attached hydrogens (tertiary/aromatic N) is 3. The maximum absolute atomic E-state index is 5.42. The highest BCUT2D eigenvalue weighted by molar-refractivity contribution is 5.36. The van der Waals surface area contributed by atoms with Crippen molar-refractivity contribution in [2.75, 3.05) is 25.1 Å². The van der Waals surface area contributed by atoms with Gasteiger partial charge in [-0.1, -0.05) is 0 Å². The molecule has 2 aromatic rings. The van der Waals surface area contributed by atoms with Crippen molar-refractivity contribution in [3.63, 3.8) is 0 Å². The molecule has 6 heteroatoms. The molecule has 22 heavy (non-hydrogen) atoms. The molecular formula is C16H23N5O. The fourth-order valence-corrected chi connectivity index (χ4v) is 2.88. The molecule has 3 heterocycles. The zero-order chi connectivity index (χ0) is 15.4. The highest BCUT2D eigenvalue weighted by Gasteiger charge is 2.19. The lowest BCUT2D eigenvalue weighted by molar-refractivity contribution is 0.193. The molecule has 6 nitrogen and oxygen atoms in total. The Morgan fingerprint density at radius 3 is 3.00 bits per heavy atom. The SMILES string of the molecule is Cc1n[nH]c(C)c1CCCNc1cc([C@@H]2CCOC2)ncn1. The van der Waals surface area contributed by atoms with Crippen LogP contribution in [0.3, 0.4) is 0 Å². The summed E-state index contributed by atoms with van der Waals surface area (Å²) in [6.45, 7) is 6.62. The van der Waals surface area contributed by atoms with E-state index < -0.39 is 0 Å². The largest absolute Gasteiger partial charge is 0.381 e. The Hall–Kier alpha value is -1.95. The van der Waals surface area contributed by atoms with E-state index in [1.54, 1.807) is 6.33 Å². The summed E-state index contributed by atoms with van der Waals surface area (Å²) in [6, 6.07) is 2.05. The first-order valence-corrected chi connectivity index (χ1v) is 7.88. The molecule has 1 fully saturated rings. The summed E-state index contributed by atoms with van der Waals surface area (Å²) >= 11 is 0. The van der Waals surface area contributed by atoms with Crippen LogP contribution in [-0.2, 0) is 11.2 Å². The molecule has 3 rings (SSSR count). The van der Waals surface area contributed by atoms with Gasteiger partial charge >= 0.3 is 0 Å². The van der Waals surface area contributed by atoms with Crippen molar-refractivity contribution in [3.05, 3.63) is 35.0 Å². The van der Waals surface area contributed by atoms with Gasteiger partial charge in [-0.05, 0) is 38.7 Å². The molecule has 0 aliphatic carbocycles. The summed E-state index contributed by atoms with van der Waals surface area (Å²) < 4.78 is 5.42. The van der Waals surface area contributed by atoms with E-state index in [9.17, 15) is 0 Å². The molecule has 1 aliphatic heterocycles. The van der Waals surface area contributed by atoms with Crippen molar-refractivity contribution >= 4 is 5.82 Å². The predicted octanol–water partition coefficient (Wildman–Crippen LogP) is 2.37. The molecule has 0 radical (unpaired) electrons. The van der Waals surface area contributed by atoms with Gasteiger partial charge in [-0.15, -0.1) is 0 Å². The van der Waals surface area contributed by atoms with Crippen molar-refractivity contribution < 1.29 is 4.74 Å². The van der Waals surface area contributed by atoms with Crippen LogP contribution in [0.5, 0.6) is 0 Å². The van der Waals surface area contributed by atoms with Crippen LogP contribution in [0.2, 0.25) is 0 Å². The van der Waals surface area contributed by atoms with Gasteiger partial charge in [0.1, 0.15) is 12.1 Å². The Morgan fingerprint density at radius 2 is 2.27 bits per heavy atom. The first-order valence-electron chi connectivity index (χ1n) is 7.88. The summed E-state index contributed by atoms with van der Waals surface area (Å²) in [6.07, 6.45) is 4.76. The lowest BCUT2D eigenvalue weighted by Crippen LogP contribution is -2.08. The van der Waals surface area contributed by atoms with Crippen molar-refractivity contribution in [2.24, 2.45) is 0 Å². The summed E-state index contributed by atoms with van der Waals surface area (Å²) in [4.78, 5) is 8.67. The van der Waals surface area contributed by atoms with Crippen LogP contribution in [0.25, 0.3) is 0 Å². The number of anilines is 1. The molecule has 0 saturated carbocycles. The average Bonchev–Trinajstić information content (AvgIpc) is 3.16. The van der Waals surface area contributed by atoms with Gasteiger partial charge in [0.15, 0.2) is 0 Å². The maximum Gasteiger partial charge on any atom is 0.129 e. The molecule has 0 aromatic carbocycles. The van der Waals surface area contributed by atoms with Gasteiger partial charge in [-0.25, -0.2) is 9.97 Å². The van der Waals surface area contributed by atoms with Crippen molar-refractivity contribution in [2.45, 2.75) is 39.0 Å². The molecule has 1 atom stereocenters. The van der Waals surface area contributed by atoms with Gasteiger partial charge in [-0.3, -0.25) is 5.10 Å². The Balaban J connectivity index is 1.50. The van der Waals surface area contributed by atoms with E-state index in [1.165, 1.54) is 11.3 Å². The van der Waals surface area contributed by atoms with E-state index in [2.05, 4.69) is 32.4 Å². The number of nitrogens with one attached hydrogen (secondary N) is 2. The number of rotatable bonds is 6. The van der Waals surface area contributed by atoms with Gasteiger partial charge in [0, 0.05) is 30.8 Å². The van der Waals surface area contributed by atoms with Crippen molar-refractivity contribution in [3.8, 4) is 0 Å². The second-order valence-corrected chi connectivity index (χ2v) is 5.83. The lowest BCUT2D eigenvalue weighted by Gasteiger charge is -2.10. The standard InChI is InChI=1S/C16H23N5O/c1-11-14(12(2)21-20-11)4-3-6-17-16-8-15(18-10-19-16)13-5-7-22-9-13/h8,10,13H,3-7,9H2,1-2H3,(H,20,21)(H,17,18,19)/t13-/m1/s1. The zero-order valence-corrected chi connectivity index (χ0v) is 13.2. The minimum atomic E-state index is 0.416. The average molecular weight is 301 g/mol. The topological polar surface area (TPSA) is 75.7 Å². The third kappa shape index (κ3) is 3.44. The normalized spacial score (nSPS) is 17.8. The third-order valence-electron chi connectivity index (χ3n) is 4.23. The number of hydrogen-bond donors (Lipinski definition) is 2. The Labute approximate surface area is 130 Å². The summed E-state index contributed by atoms with van der Waals surface area (Å²) in [5, 5.41) is 10.6. The van der Waals surface area contributed by atoms with E-state index >= 15 is 0 Å². The molecule has 2 N–H and O–H groups in total. The molecule has 1 saturated heterocycles. The number of aromatic nitrogens is 4. The Morgan fingerprint density at radius 1 is 1.36 bits per heavy atom. The monoisotopic (exact) mass is 301 g/mol. The van der Waals surface area contributed by atoms with E-state index in [1.807, 2.05) is 13.0 Å². The van der Waals surface area contributed by atoms with Crippen LogP contribution in [-0.4, -0.2) is 39.9 Å². The minimum Gasteiger partial charge on any atom is -0.381 e. The fourth-order valence-electron chi connectivity index (χ4n) is 2.88. The predicted molar refractivity (Wildman–Crippen MR) is 85.1 cm³/mol. The van der Waals surface area contributed by atoms with Crippen molar-refractivity contribution in [1.82, 2.24) is 20.2 Å². The number of hydrogen-bond acceptors (Lipinski definition) is 5. The fraction of sp³-hybridized carbons (Fsp3) is 0.562. The van der Waals surface area contributed by atoms with Gasteiger partial charge in [-0.2, -0.15) is 5.10 Å². The Bertz CT molecular complexity index is 599.